The van der Waals surface area contributed by atoms with Gasteiger partial charge in [0.15, 0.2) is 0 Å². The number of pyridine rings is 1. The largest absolute Gasteiger partial charge is 0.339 e. The maximum absolute atomic E-state index is 9.32. The van der Waals surface area contributed by atoms with Gasteiger partial charge in [0.1, 0.15) is 11.9 Å². The van der Waals surface area contributed by atoms with E-state index in [4.69, 9.17) is 11.6 Å². The van der Waals surface area contributed by atoms with Crippen molar-refractivity contribution in [1.82, 2.24) is 4.98 Å². The van der Waals surface area contributed by atoms with Crippen LogP contribution in [0.15, 0.2) is 48.5 Å². The molecule has 4 heteroatoms. The summed E-state index contributed by atoms with van der Waals surface area (Å²) in [4.78, 5) is 4.54. The highest BCUT2D eigenvalue weighted by Gasteiger charge is 2.08. The molecule has 1 heterocycles. The molecular formula is C17H12ClN3. The zero-order valence-corrected chi connectivity index (χ0v) is 12.1. The normalized spacial score (nSPS) is 10.3. The summed E-state index contributed by atoms with van der Waals surface area (Å²) in [6.07, 6.45) is 0. The summed E-state index contributed by atoms with van der Waals surface area (Å²) in [5.41, 5.74) is 3.26. The second kappa shape index (κ2) is 5.43. The van der Waals surface area contributed by atoms with Crippen molar-refractivity contribution in [3.05, 3.63) is 64.7 Å². The summed E-state index contributed by atoms with van der Waals surface area (Å²) < 4.78 is 0. The molecule has 102 valence electrons. The van der Waals surface area contributed by atoms with E-state index in [1.165, 1.54) is 0 Å². The number of benzene rings is 2. The van der Waals surface area contributed by atoms with Gasteiger partial charge in [-0.05, 0) is 42.8 Å². The number of nitrogens with one attached hydrogen (secondary N) is 1. The van der Waals surface area contributed by atoms with Gasteiger partial charge >= 0.3 is 0 Å². The molecule has 1 aromatic heterocycles. The molecular weight excluding hydrogens is 282 g/mol. The minimum atomic E-state index is 0.517. The van der Waals surface area contributed by atoms with Gasteiger partial charge in [-0.3, -0.25) is 0 Å². The zero-order chi connectivity index (χ0) is 14.8. The van der Waals surface area contributed by atoms with Crippen molar-refractivity contribution in [2.75, 3.05) is 5.32 Å². The Morgan fingerprint density at radius 2 is 1.95 bits per heavy atom. The van der Waals surface area contributed by atoms with Gasteiger partial charge in [0.05, 0.1) is 11.1 Å². The van der Waals surface area contributed by atoms with E-state index in [2.05, 4.69) is 16.4 Å². The maximum atomic E-state index is 9.32. The Balaban J connectivity index is 2.09. The lowest BCUT2D eigenvalue weighted by molar-refractivity contribution is 1.32. The lowest BCUT2D eigenvalue weighted by atomic mass is 10.1. The van der Waals surface area contributed by atoms with Gasteiger partial charge in [-0.15, -0.1) is 0 Å². The van der Waals surface area contributed by atoms with Gasteiger partial charge in [0.2, 0.25) is 0 Å². The fraction of sp³-hybridized carbons (Fsp3) is 0.0588. The fourth-order valence-corrected chi connectivity index (χ4v) is 2.42. The molecule has 3 aromatic rings. The number of anilines is 2. The molecule has 3 rings (SSSR count). The molecule has 21 heavy (non-hydrogen) atoms. The monoisotopic (exact) mass is 293 g/mol. The number of aryl methyl sites for hydroxylation is 1. The average molecular weight is 294 g/mol. The first-order chi connectivity index (χ1) is 10.2. The van der Waals surface area contributed by atoms with E-state index in [-0.39, 0.29) is 0 Å². The van der Waals surface area contributed by atoms with Crippen LogP contribution in [0.5, 0.6) is 0 Å². The number of nitrogens with zero attached hydrogens (tertiary/aromatic N) is 2. The van der Waals surface area contributed by atoms with Crippen LogP contribution in [0.3, 0.4) is 0 Å². The van der Waals surface area contributed by atoms with Crippen LogP contribution in [0.25, 0.3) is 10.9 Å². The number of aromatic nitrogens is 1. The lowest BCUT2D eigenvalue weighted by Gasteiger charge is -2.11. The number of nitriles is 1. The Hall–Kier alpha value is -2.57. The molecule has 0 aliphatic carbocycles. The van der Waals surface area contributed by atoms with E-state index in [0.29, 0.717) is 16.4 Å². The standard InChI is InChI=1S/C17H12ClN3/c1-11-8-14(18)6-7-15(11)20-17-13(10-19)9-12-4-2-3-5-16(12)21-17/h2-9H,1H3,(H,20,21). The summed E-state index contributed by atoms with van der Waals surface area (Å²) in [7, 11) is 0. The van der Waals surface area contributed by atoms with Crippen molar-refractivity contribution in [3.8, 4) is 6.07 Å². The van der Waals surface area contributed by atoms with E-state index in [1.807, 2.05) is 55.5 Å². The van der Waals surface area contributed by atoms with Crippen LogP contribution in [0.4, 0.5) is 11.5 Å². The summed E-state index contributed by atoms with van der Waals surface area (Å²) in [5, 5.41) is 14.2. The minimum absolute atomic E-state index is 0.517. The van der Waals surface area contributed by atoms with Crippen molar-refractivity contribution in [2.24, 2.45) is 0 Å². The van der Waals surface area contributed by atoms with Gasteiger partial charge in [-0.1, -0.05) is 29.8 Å². The summed E-state index contributed by atoms with van der Waals surface area (Å²) in [6, 6.07) is 17.3. The number of rotatable bonds is 2. The maximum Gasteiger partial charge on any atom is 0.149 e. The van der Waals surface area contributed by atoms with E-state index in [1.54, 1.807) is 0 Å². The number of fused-ring (bicyclic) bond motifs is 1. The molecule has 0 radical (unpaired) electrons. The second-order valence-corrected chi connectivity index (χ2v) is 5.21. The number of hydrogen-bond acceptors (Lipinski definition) is 3. The van der Waals surface area contributed by atoms with Crippen LogP contribution in [0.1, 0.15) is 11.1 Å². The number of halogens is 1. The third kappa shape index (κ3) is 2.67. The Labute approximate surface area is 127 Å². The number of hydrogen-bond donors (Lipinski definition) is 1. The van der Waals surface area contributed by atoms with E-state index < -0.39 is 0 Å². The van der Waals surface area contributed by atoms with Gasteiger partial charge in [0, 0.05) is 16.1 Å². The molecule has 0 saturated heterocycles. The number of para-hydroxylation sites is 1. The van der Waals surface area contributed by atoms with Gasteiger partial charge in [-0.25, -0.2) is 4.98 Å². The Bertz CT molecular complexity index is 866. The quantitative estimate of drug-likeness (QED) is 0.737. The van der Waals surface area contributed by atoms with Crippen LogP contribution in [-0.2, 0) is 0 Å². The summed E-state index contributed by atoms with van der Waals surface area (Å²) in [6.45, 7) is 1.96. The van der Waals surface area contributed by atoms with Crippen molar-refractivity contribution in [2.45, 2.75) is 6.92 Å². The molecule has 0 unspecified atom stereocenters. The lowest BCUT2D eigenvalue weighted by Crippen LogP contribution is -1.99. The first-order valence-electron chi connectivity index (χ1n) is 6.50. The van der Waals surface area contributed by atoms with Crippen LogP contribution in [-0.4, -0.2) is 4.98 Å². The van der Waals surface area contributed by atoms with Gasteiger partial charge < -0.3 is 5.32 Å². The molecule has 0 bridgehead atoms. The highest BCUT2D eigenvalue weighted by Crippen LogP contribution is 2.26. The Kier molecular flexibility index (Phi) is 3.47. The highest BCUT2D eigenvalue weighted by atomic mass is 35.5. The molecule has 0 saturated carbocycles. The predicted molar refractivity (Wildman–Crippen MR) is 85.9 cm³/mol. The first-order valence-corrected chi connectivity index (χ1v) is 6.88. The van der Waals surface area contributed by atoms with Gasteiger partial charge in [-0.2, -0.15) is 5.26 Å². The van der Waals surface area contributed by atoms with Crippen molar-refractivity contribution >= 4 is 34.0 Å². The molecule has 0 aliphatic heterocycles. The van der Waals surface area contributed by atoms with Crippen LogP contribution in [0.2, 0.25) is 5.02 Å². The summed E-state index contributed by atoms with van der Waals surface area (Å²) in [5.74, 6) is 0.557. The minimum Gasteiger partial charge on any atom is -0.339 e. The molecule has 2 aromatic carbocycles. The van der Waals surface area contributed by atoms with Crippen molar-refractivity contribution in [3.63, 3.8) is 0 Å². The Morgan fingerprint density at radius 3 is 2.71 bits per heavy atom. The van der Waals surface area contributed by atoms with Crippen LogP contribution < -0.4 is 5.32 Å². The van der Waals surface area contributed by atoms with E-state index in [9.17, 15) is 5.26 Å². The van der Waals surface area contributed by atoms with Crippen molar-refractivity contribution < 1.29 is 0 Å². The SMILES string of the molecule is Cc1cc(Cl)ccc1Nc1nc2ccccc2cc1C#N. The Morgan fingerprint density at radius 1 is 1.14 bits per heavy atom. The van der Waals surface area contributed by atoms with E-state index >= 15 is 0 Å². The topological polar surface area (TPSA) is 48.7 Å². The fourth-order valence-electron chi connectivity index (χ4n) is 2.19. The molecule has 0 atom stereocenters. The average Bonchev–Trinajstić information content (AvgIpc) is 2.49. The smallest absolute Gasteiger partial charge is 0.149 e. The zero-order valence-electron chi connectivity index (χ0n) is 11.4. The van der Waals surface area contributed by atoms with Crippen molar-refractivity contribution in [1.29, 1.82) is 5.26 Å². The molecule has 1 N–H and O–H groups in total. The van der Waals surface area contributed by atoms with Gasteiger partial charge in [0.25, 0.3) is 0 Å². The first kappa shape index (κ1) is 13.4. The molecule has 3 nitrogen and oxygen atoms in total. The molecule has 0 fully saturated rings. The molecule has 0 amide bonds. The third-order valence-corrected chi connectivity index (χ3v) is 3.52. The second-order valence-electron chi connectivity index (χ2n) is 4.77. The highest BCUT2D eigenvalue weighted by molar-refractivity contribution is 6.30. The van der Waals surface area contributed by atoms with E-state index in [0.717, 1.165) is 22.2 Å². The third-order valence-electron chi connectivity index (χ3n) is 3.29. The molecule has 0 spiro atoms. The molecule has 0 aliphatic rings. The summed E-state index contributed by atoms with van der Waals surface area (Å²) >= 11 is 5.96. The van der Waals surface area contributed by atoms with Crippen LogP contribution >= 0.6 is 11.6 Å². The predicted octanol–water partition coefficient (Wildman–Crippen LogP) is 4.81. The van der Waals surface area contributed by atoms with Crippen LogP contribution in [0, 0.1) is 18.3 Å².